The maximum absolute atomic E-state index is 10.8. The highest BCUT2D eigenvalue weighted by Crippen LogP contribution is 2.18. The topological polar surface area (TPSA) is 114 Å². The minimum absolute atomic E-state index is 0.394. The van der Waals surface area contributed by atoms with Crippen LogP contribution in [0.25, 0.3) is 5.69 Å². The summed E-state index contributed by atoms with van der Waals surface area (Å²) >= 11 is 0. The van der Waals surface area contributed by atoms with Crippen molar-refractivity contribution in [2.45, 2.75) is 12.2 Å². The molecule has 7 nitrogen and oxygen atoms in total. The first-order chi connectivity index (χ1) is 8.59. The van der Waals surface area contributed by atoms with E-state index in [1.54, 1.807) is 28.9 Å². The van der Waals surface area contributed by atoms with Crippen LogP contribution in [0.1, 0.15) is 11.7 Å². The van der Waals surface area contributed by atoms with E-state index in [-0.39, 0.29) is 0 Å². The molecule has 0 aliphatic heterocycles. The molecule has 1 heterocycles. The largest absolute Gasteiger partial charge is 0.385 e. The fourth-order valence-corrected chi connectivity index (χ4v) is 1.50. The molecule has 0 saturated carbocycles. The molecule has 0 bridgehead atoms. The number of aliphatic hydroxyl groups excluding tert-OH is 2. The number of hydrogen-bond acceptors (Lipinski definition) is 5. The molecule has 94 valence electrons. The van der Waals surface area contributed by atoms with Crippen molar-refractivity contribution in [1.82, 2.24) is 14.8 Å². The Morgan fingerprint density at radius 3 is 2.44 bits per heavy atom. The molecular weight excluding hydrogens is 236 g/mol. The highest BCUT2D eigenvalue weighted by Gasteiger charge is 2.23. The zero-order valence-corrected chi connectivity index (χ0v) is 9.34. The van der Waals surface area contributed by atoms with Gasteiger partial charge in [-0.15, -0.1) is 0 Å². The van der Waals surface area contributed by atoms with E-state index >= 15 is 0 Å². The first-order valence-corrected chi connectivity index (χ1v) is 5.20. The van der Waals surface area contributed by atoms with Crippen LogP contribution in [-0.2, 0) is 4.79 Å². The average molecular weight is 248 g/mol. The van der Waals surface area contributed by atoms with E-state index in [1.165, 1.54) is 12.7 Å². The summed E-state index contributed by atoms with van der Waals surface area (Å²) in [4.78, 5) is 14.6. The lowest BCUT2D eigenvalue weighted by Gasteiger charge is -2.15. The number of rotatable bonds is 4. The summed E-state index contributed by atoms with van der Waals surface area (Å²) in [5, 5.41) is 23.0. The van der Waals surface area contributed by atoms with Crippen molar-refractivity contribution in [1.29, 1.82) is 0 Å². The van der Waals surface area contributed by atoms with Crippen molar-refractivity contribution in [3.05, 3.63) is 42.5 Å². The molecule has 1 amide bonds. The second-order valence-corrected chi connectivity index (χ2v) is 3.72. The summed E-state index contributed by atoms with van der Waals surface area (Å²) in [7, 11) is 0. The van der Waals surface area contributed by atoms with E-state index in [0.717, 1.165) is 5.69 Å². The molecule has 1 aromatic carbocycles. The van der Waals surface area contributed by atoms with E-state index in [1.807, 2.05) is 0 Å². The number of aliphatic hydroxyl groups is 2. The third-order valence-corrected chi connectivity index (χ3v) is 2.51. The third kappa shape index (κ3) is 2.36. The minimum Gasteiger partial charge on any atom is -0.385 e. The van der Waals surface area contributed by atoms with Crippen LogP contribution in [-0.4, -0.2) is 37.0 Å². The summed E-state index contributed by atoms with van der Waals surface area (Å²) < 4.78 is 1.54. The zero-order chi connectivity index (χ0) is 13.1. The van der Waals surface area contributed by atoms with Crippen molar-refractivity contribution in [2.75, 3.05) is 0 Å². The van der Waals surface area contributed by atoms with E-state index in [4.69, 9.17) is 5.73 Å². The smallest absolute Gasteiger partial charge is 0.249 e. The van der Waals surface area contributed by atoms with Gasteiger partial charge in [-0.2, -0.15) is 5.10 Å². The Morgan fingerprint density at radius 2 is 1.94 bits per heavy atom. The van der Waals surface area contributed by atoms with Gasteiger partial charge in [0.1, 0.15) is 18.8 Å². The Bertz CT molecular complexity index is 524. The molecule has 0 radical (unpaired) electrons. The molecule has 4 N–H and O–H groups in total. The SMILES string of the molecule is NC(=O)C(O)C(O)c1ccc(-n2cncn2)cc1. The zero-order valence-electron chi connectivity index (χ0n) is 9.34. The van der Waals surface area contributed by atoms with Crippen molar-refractivity contribution >= 4 is 5.91 Å². The Balaban J connectivity index is 2.20. The Hall–Kier alpha value is -2.25. The predicted molar refractivity (Wildman–Crippen MR) is 61.5 cm³/mol. The van der Waals surface area contributed by atoms with E-state index < -0.39 is 18.1 Å². The molecule has 0 aliphatic rings. The van der Waals surface area contributed by atoms with Crippen molar-refractivity contribution < 1.29 is 15.0 Å². The molecule has 0 spiro atoms. The Kier molecular flexibility index (Phi) is 3.35. The number of aromatic nitrogens is 3. The number of benzene rings is 1. The van der Waals surface area contributed by atoms with Gasteiger partial charge in [-0.25, -0.2) is 9.67 Å². The minimum atomic E-state index is -1.62. The van der Waals surface area contributed by atoms with Gasteiger partial charge in [0.25, 0.3) is 0 Å². The number of carbonyl (C=O) groups is 1. The van der Waals surface area contributed by atoms with Crippen LogP contribution < -0.4 is 5.73 Å². The average Bonchev–Trinajstić information content (AvgIpc) is 2.91. The number of hydrogen-bond donors (Lipinski definition) is 3. The molecule has 2 rings (SSSR count). The molecule has 2 unspecified atom stereocenters. The van der Waals surface area contributed by atoms with Gasteiger partial charge in [-0.3, -0.25) is 4.79 Å². The molecule has 7 heteroatoms. The quantitative estimate of drug-likeness (QED) is 0.651. The Labute approximate surface area is 103 Å². The lowest BCUT2D eigenvalue weighted by Crippen LogP contribution is -2.33. The number of primary amides is 1. The lowest BCUT2D eigenvalue weighted by atomic mass is 10.0. The van der Waals surface area contributed by atoms with E-state index in [9.17, 15) is 15.0 Å². The standard InChI is InChI=1S/C11H12N4O3/c12-11(18)10(17)9(16)7-1-3-8(4-2-7)15-6-13-5-14-15/h1-6,9-10,16-17H,(H2,12,18). The number of amides is 1. The van der Waals surface area contributed by atoms with Gasteiger partial charge in [0, 0.05) is 0 Å². The van der Waals surface area contributed by atoms with Crippen LogP contribution in [0.5, 0.6) is 0 Å². The molecule has 0 fully saturated rings. The lowest BCUT2D eigenvalue weighted by molar-refractivity contribution is -0.131. The van der Waals surface area contributed by atoms with Crippen molar-refractivity contribution in [3.63, 3.8) is 0 Å². The van der Waals surface area contributed by atoms with E-state index in [0.29, 0.717) is 5.56 Å². The number of nitrogens with two attached hydrogens (primary N) is 1. The number of nitrogens with zero attached hydrogens (tertiary/aromatic N) is 3. The predicted octanol–water partition coefficient (Wildman–Crippen LogP) is -0.853. The van der Waals surface area contributed by atoms with E-state index in [2.05, 4.69) is 10.1 Å². The van der Waals surface area contributed by atoms with Gasteiger partial charge in [-0.05, 0) is 17.7 Å². The van der Waals surface area contributed by atoms with Gasteiger partial charge < -0.3 is 15.9 Å². The summed E-state index contributed by atoms with van der Waals surface area (Å²) in [6, 6.07) is 6.52. The van der Waals surface area contributed by atoms with Crippen LogP contribution in [0.4, 0.5) is 0 Å². The first-order valence-electron chi connectivity index (χ1n) is 5.20. The highest BCUT2D eigenvalue weighted by molar-refractivity contribution is 5.79. The fraction of sp³-hybridized carbons (Fsp3) is 0.182. The summed E-state index contributed by atoms with van der Waals surface area (Å²) in [5.74, 6) is -0.970. The van der Waals surface area contributed by atoms with Crippen LogP contribution in [0.15, 0.2) is 36.9 Å². The maximum Gasteiger partial charge on any atom is 0.249 e. The second kappa shape index (κ2) is 4.94. The van der Waals surface area contributed by atoms with Gasteiger partial charge in [0.2, 0.25) is 5.91 Å². The maximum atomic E-state index is 10.8. The van der Waals surface area contributed by atoms with Crippen molar-refractivity contribution in [2.24, 2.45) is 5.73 Å². The highest BCUT2D eigenvalue weighted by atomic mass is 16.3. The van der Waals surface area contributed by atoms with Crippen molar-refractivity contribution in [3.8, 4) is 5.69 Å². The molecule has 0 aliphatic carbocycles. The second-order valence-electron chi connectivity index (χ2n) is 3.72. The van der Waals surface area contributed by atoms with Crippen LogP contribution in [0, 0.1) is 0 Å². The molecule has 2 aromatic rings. The van der Waals surface area contributed by atoms with Gasteiger partial charge in [0.05, 0.1) is 5.69 Å². The van der Waals surface area contributed by atoms with Crippen LogP contribution in [0.3, 0.4) is 0 Å². The Morgan fingerprint density at radius 1 is 1.28 bits per heavy atom. The first kappa shape index (κ1) is 12.2. The van der Waals surface area contributed by atoms with Gasteiger partial charge in [-0.1, -0.05) is 12.1 Å². The molecular formula is C11H12N4O3. The summed E-state index contributed by atoms with van der Waals surface area (Å²) in [5.41, 5.74) is 6.05. The van der Waals surface area contributed by atoms with Crippen LogP contribution in [0.2, 0.25) is 0 Å². The molecule has 18 heavy (non-hydrogen) atoms. The normalized spacial score (nSPS) is 14.1. The monoisotopic (exact) mass is 248 g/mol. The number of carbonyl (C=O) groups excluding carboxylic acids is 1. The van der Waals surface area contributed by atoms with Gasteiger partial charge in [0.15, 0.2) is 6.10 Å². The van der Waals surface area contributed by atoms with Gasteiger partial charge >= 0.3 is 0 Å². The van der Waals surface area contributed by atoms with Crippen LogP contribution >= 0.6 is 0 Å². The summed E-state index contributed by atoms with van der Waals surface area (Å²) in [6.45, 7) is 0. The fourth-order valence-electron chi connectivity index (χ4n) is 1.50. The summed E-state index contributed by atoms with van der Waals surface area (Å²) in [6.07, 6.45) is -0.0296. The molecule has 2 atom stereocenters. The molecule has 0 saturated heterocycles. The molecule has 1 aromatic heterocycles. The third-order valence-electron chi connectivity index (χ3n) is 2.51.